The number of hydrogen-bond donors (Lipinski definition) is 0. The highest BCUT2D eigenvalue weighted by molar-refractivity contribution is 4.57. The van der Waals surface area contributed by atoms with Crippen molar-refractivity contribution in [1.82, 2.24) is 4.90 Å². The van der Waals surface area contributed by atoms with E-state index in [9.17, 15) is 0 Å². The average molecular weight is 450 g/mol. The van der Waals surface area contributed by atoms with Crippen LogP contribution in [0, 0.1) is 0 Å². The largest absolute Gasteiger partial charge is 0.379 e. The smallest absolute Gasteiger partial charge is 0.0701 e. The monoisotopic (exact) mass is 449 g/mol. The number of hydrogen-bond acceptors (Lipinski definition) is 7. The van der Waals surface area contributed by atoms with Crippen LogP contribution in [-0.2, 0) is 28.4 Å². The van der Waals surface area contributed by atoms with Gasteiger partial charge in [0.2, 0.25) is 0 Å². The van der Waals surface area contributed by atoms with Crippen LogP contribution in [0.25, 0.3) is 0 Å². The van der Waals surface area contributed by atoms with E-state index in [0.717, 1.165) is 78.0 Å². The van der Waals surface area contributed by atoms with Crippen LogP contribution in [0.4, 0.5) is 0 Å². The second-order valence-electron chi connectivity index (χ2n) is 7.58. The van der Waals surface area contributed by atoms with Crippen LogP contribution in [0.5, 0.6) is 0 Å². The van der Waals surface area contributed by atoms with Gasteiger partial charge in [-0.1, -0.05) is 40.0 Å². The van der Waals surface area contributed by atoms with Crippen molar-refractivity contribution in [1.29, 1.82) is 0 Å². The summed E-state index contributed by atoms with van der Waals surface area (Å²) in [4.78, 5) is 2.33. The van der Waals surface area contributed by atoms with Crippen LogP contribution in [-0.4, -0.2) is 104 Å². The summed E-state index contributed by atoms with van der Waals surface area (Å²) in [5.74, 6) is 0. The van der Waals surface area contributed by atoms with Gasteiger partial charge >= 0.3 is 0 Å². The molecule has 0 rings (SSSR count). The number of rotatable bonds is 27. The molecule has 0 saturated carbocycles. The van der Waals surface area contributed by atoms with E-state index in [2.05, 4.69) is 25.7 Å². The zero-order valence-corrected chi connectivity index (χ0v) is 20.7. The fourth-order valence-electron chi connectivity index (χ4n) is 2.62. The van der Waals surface area contributed by atoms with E-state index in [1.165, 1.54) is 0 Å². The maximum absolute atomic E-state index is 5.72. The molecule has 0 aliphatic heterocycles. The first kappa shape index (κ1) is 30.7. The first-order valence-electron chi connectivity index (χ1n) is 12.5. The lowest BCUT2D eigenvalue weighted by Crippen LogP contribution is -2.34. The molecular weight excluding hydrogens is 398 g/mol. The molecule has 0 aromatic carbocycles. The van der Waals surface area contributed by atoms with E-state index in [0.29, 0.717) is 59.5 Å². The molecule has 0 aromatic heterocycles. The Kier molecular flexibility index (Phi) is 27.5. The van der Waals surface area contributed by atoms with Crippen molar-refractivity contribution in [2.45, 2.75) is 59.3 Å². The summed E-state index contributed by atoms with van der Waals surface area (Å²) in [6.07, 6.45) is 6.82. The molecule has 31 heavy (non-hydrogen) atoms. The van der Waals surface area contributed by atoms with Gasteiger partial charge in [-0.15, -0.1) is 0 Å². The summed E-state index contributed by atoms with van der Waals surface area (Å²) in [6.45, 7) is 17.6. The fourth-order valence-corrected chi connectivity index (χ4v) is 2.62. The summed E-state index contributed by atoms with van der Waals surface area (Å²) in [7, 11) is 0. The molecule has 7 heteroatoms. The topological polar surface area (TPSA) is 58.6 Å². The van der Waals surface area contributed by atoms with Crippen LogP contribution in [0.2, 0.25) is 0 Å². The Labute approximate surface area is 192 Å². The van der Waals surface area contributed by atoms with Gasteiger partial charge in [-0.2, -0.15) is 0 Å². The van der Waals surface area contributed by atoms with E-state index < -0.39 is 0 Å². The molecule has 0 bridgehead atoms. The molecule has 7 nitrogen and oxygen atoms in total. The lowest BCUT2D eigenvalue weighted by atomic mass is 10.4. The summed E-state index contributed by atoms with van der Waals surface area (Å²) >= 11 is 0. The van der Waals surface area contributed by atoms with E-state index in [1.807, 2.05) is 0 Å². The van der Waals surface area contributed by atoms with Crippen LogP contribution in [0.1, 0.15) is 59.3 Å². The molecule has 0 amide bonds. The maximum Gasteiger partial charge on any atom is 0.0701 e. The van der Waals surface area contributed by atoms with Crippen LogP contribution < -0.4 is 0 Å². The normalized spacial score (nSPS) is 11.6. The fraction of sp³-hybridized carbons (Fsp3) is 1.00. The standard InChI is InChI=1S/C24H51NO6/c1-4-7-13-26-19-22-29-16-10-25(11-17-30-23-20-27-14-8-5-2)12-18-31-24-21-28-15-9-6-3/h4-24H2,1-3H3. The third-order valence-corrected chi connectivity index (χ3v) is 4.70. The highest BCUT2D eigenvalue weighted by atomic mass is 16.5. The van der Waals surface area contributed by atoms with Crippen LogP contribution in [0.3, 0.4) is 0 Å². The van der Waals surface area contributed by atoms with Gasteiger partial charge < -0.3 is 28.4 Å². The number of ether oxygens (including phenoxy) is 6. The van der Waals surface area contributed by atoms with E-state index in [4.69, 9.17) is 28.4 Å². The Balaban J connectivity index is 3.82. The van der Waals surface area contributed by atoms with Crippen molar-refractivity contribution >= 4 is 0 Å². The Morgan fingerprint density at radius 2 is 0.613 bits per heavy atom. The van der Waals surface area contributed by atoms with Crippen molar-refractivity contribution in [2.24, 2.45) is 0 Å². The molecule has 188 valence electrons. The zero-order valence-electron chi connectivity index (χ0n) is 20.7. The summed E-state index contributed by atoms with van der Waals surface area (Å²) < 4.78 is 33.8. The van der Waals surface area contributed by atoms with Gasteiger partial charge in [0.1, 0.15) is 0 Å². The Bertz CT molecular complexity index is 275. The molecule has 0 spiro atoms. The number of nitrogens with zero attached hydrogens (tertiary/aromatic N) is 1. The van der Waals surface area contributed by atoms with Crippen molar-refractivity contribution in [3.05, 3.63) is 0 Å². The zero-order chi connectivity index (χ0) is 22.7. The van der Waals surface area contributed by atoms with Crippen molar-refractivity contribution in [3.63, 3.8) is 0 Å². The summed E-state index contributed by atoms with van der Waals surface area (Å²) in [5.41, 5.74) is 0. The molecule has 0 heterocycles. The highest BCUT2D eigenvalue weighted by Gasteiger charge is 2.05. The van der Waals surface area contributed by atoms with Gasteiger partial charge in [-0.25, -0.2) is 0 Å². The van der Waals surface area contributed by atoms with Crippen molar-refractivity contribution in [2.75, 3.05) is 98.9 Å². The molecule has 0 fully saturated rings. The molecule has 0 N–H and O–H groups in total. The Morgan fingerprint density at radius 1 is 0.355 bits per heavy atom. The van der Waals surface area contributed by atoms with Gasteiger partial charge in [-0.05, 0) is 19.3 Å². The maximum atomic E-state index is 5.72. The Morgan fingerprint density at radius 3 is 0.871 bits per heavy atom. The average Bonchev–Trinajstić information content (AvgIpc) is 2.78. The second-order valence-corrected chi connectivity index (χ2v) is 7.58. The summed E-state index contributed by atoms with van der Waals surface area (Å²) in [6, 6.07) is 0. The summed E-state index contributed by atoms with van der Waals surface area (Å²) in [5, 5.41) is 0. The lowest BCUT2D eigenvalue weighted by Gasteiger charge is -2.22. The molecule has 0 radical (unpaired) electrons. The molecule has 0 aliphatic rings. The molecular formula is C24H51NO6. The van der Waals surface area contributed by atoms with Gasteiger partial charge in [0, 0.05) is 39.5 Å². The van der Waals surface area contributed by atoms with E-state index >= 15 is 0 Å². The van der Waals surface area contributed by atoms with Crippen molar-refractivity contribution in [3.8, 4) is 0 Å². The molecule has 0 aliphatic carbocycles. The van der Waals surface area contributed by atoms with Gasteiger partial charge in [0.25, 0.3) is 0 Å². The highest BCUT2D eigenvalue weighted by Crippen LogP contribution is 1.94. The minimum atomic E-state index is 0.648. The minimum absolute atomic E-state index is 0.648. The van der Waals surface area contributed by atoms with Gasteiger partial charge in [0.05, 0.1) is 59.5 Å². The van der Waals surface area contributed by atoms with Gasteiger partial charge in [0.15, 0.2) is 0 Å². The SMILES string of the molecule is CCCCOCCOCCN(CCOCCOCCCC)CCOCCOCCCC. The van der Waals surface area contributed by atoms with Gasteiger partial charge in [-0.3, -0.25) is 4.90 Å². The minimum Gasteiger partial charge on any atom is -0.379 e. The molecule has 0 unspecified atom stereocenters. The Hall–Kier alpha value is -0.280. The predicted octanol–water partition coefficient (Wildman–Crippen LogP) is 3.79. The number of unbranched alkanes of at least 4 members (excludes halogenated alkanes) is 3. The third-order valence-electron chi connectivity index (χ3n) is 4.70. The molecule has 0 saturated heterocycles. The predicted molar refractivity (Wildman–Crippen MR) is 126 cm³/mol. The second kappa shape index (κ2) is 27.8. The van der Waals surface area contributed by atoms with Crippen LogP contribution >= 0.6 is 0 Å². The molecule has 0 aromatic rings. The molecule has 0 atom stereocenters. The first-order valence-corrected chi connectivity index (χ1v) is 12.5. The van der Waals surface area contributed by atoms with Crippen molar-refractivity contribution < 1.29 is 28.4 Å². The quantitative estimate of drug-likeness (QED) is 0.177. The van der Waals surface area contributed by atoms with E-state index in [-0.39, 0.29) is 0 Å². The van der Waals surface area contributed by atoms with Crippen LogP contribution in [0.15, 0.2) is 0 Å². The van der Waals surface area contributed by atoms with E-state index in [1.54, 1.807) is 0 Å². The third kappa shape index (κ3) is 25.9. The lowest BCUT2D eigenvalue weighted by molar-refractivity contribution is 0.0100. The first-order chi connectivity index (χ1) is 15.3.